The van der Waals surface area contributed by atoms with Gasteiger partial charge in [-0.05, 0) is 37.9 Å². The highest BCUT2D eigenvalue weighted by Gasteiger charge is 2.22. The average molecular weight is 278 g/mol. The van der Waals surface area contributed by atoms with Gasteiger partial charge in [-0.3, -0.25) is 4.90 Å². The quantitative estimate of drug-likeness (QED) is 0.805. The van der Waals surface area contributed by atoms with Crippen molar-refractivity contribution in [2.45, 2.75) is 32.4 Å². The van der Waals surface area contributed by atoms with Crippen molar-refractivity contribution < 1.29 is 14.6 Å². The van der Waals surface area contributed by atoms with Gasteiger partial charge >= 0.3 is 5.97 Å². The van der Waals surface area contributed by atoms with Gasteiger partial charge in [0.2, 0.25) is 0 Å². The second-order valence-electron chi connectivity index (χ2n) is 5.14. The number of ether oxygens (including phenoxy) is 1. The van der Waals surface area contributed by atoms with E-state index in [9.17, 15) is 9.90 Å². The molecule has 3 N–H and O–H groups in total. The van der Waals surface area contributed by atoms with Gasteiger partial charge in [-0.2, -0.15) is 0 Å². The first kappa shape index (κ1) is 14.8. The van der Waals surface area contributed by atoms with Crippen molar-refractivity contribution in [2.75, 3.05) is 25.4 Å². The van der Waals surface area contributed by atoms with Crippen molar-refractivity contribution in [3.8, 4) is 0 Å². The van der Waals surface area contributed by atoms with Gasteiger partial charge in [0.1, 0.15) is 0 Å². The number of carbonyl (C=O) groups is 1. The summed E-state index contributed by atoms with van der Waals surface area (Å²) in [5, 5.41) is 9.29. The molecule has 5 heteroatoms. The van der Waals surface area contributed by atoms with Gasteiger partial charge in [-0.1, -0.05) is 12.1 Å². The number of anilines is 1. The predicted octanol–water partition coefficient (Wildman–Crippen LogP) is 1.97. The van der Waals surface area contributed by atoms with Gasteiger partial charge in [-0.15, -0.1) is 0 Å². The number of nitrogens with two attached hydrogens (primary N) is 1. The number of hydrogen-bond acceptors (Lipinski definition) is 4. The van der Waals surface area contributed by atoms with E-state index in [1.54, 1.807) is 12.1 Å². The molecule has 0 aromatic heterocycles. The molecule has 0 aliphatic carbocycles. The monoisotopic (exact) mass is 278 g/mol. The molecule has 1 aromatic rings. The number of carboxylic acids is 1. The van der Waals surface area contributed by atoms with Gasteiger partial charge < -0.3 is 15.6 Å². The molecule has 110 valence electrons. The summed E-state index contributed by atoms with van der Waals surface area (Å²) in [4.78, 5) is 13.6. The lowest BCUT2D eigenvalue weighted by Crippen LogP contribution is -2.39. The Morgan fingerprint density at radius 3 is 3.05 bits per heavy atom. The topological polar surface area (TPSA) is 75.8 Å². The van der Waals surface area contributed by atoms with Crippen molar-refractivity contribution in [3.05, 3.63) is 29.3 Å². The summed E-state index contributed by atoms with van der Waals surface area (Å²) >= 11 is 0. The lowest BCUT2D eigenvalue weighted by molar-refractivity contribution is 0.00356. The number of rotatable bonds is 5. The Bertz CT molecular complexity index is 474. The summed E-state index contributed by atoms with van der Waals surface area (Å²) in [5.74, 6) is -0.962. The van der Waals surface area contributed by atoms with E-state index in [4.69, 9.17) is 10.5 Å². The van der Waals surface area contributed by atoms with Crippen LogP contribution in [0.4, 0.5) is 5.69 Å². The molecule has 0 spiro atoms. The van der Waals surface area contributed by atoms with Gasteiger partial charge in [-0.25, -0.2) is 4.79 Å². The summed E-state index contributed by atoms with van der Waals surface area (Å²) in [6.07, 6.45) is 2.41. The maximum Gasteiger partial charge on any atom is 0.338 e. The number of nitrogen functional groups attached to an aromatic ring is 1. The summed E-state index contributed by atoms with van der Waals surface area (Å²) in [7, 11) is 0. The van der Waals surface area contributed by atoms with Gasteiger partial charge in [0.25, 0.3) is 0 Å². The summed E-state index contributed by atoms with van der Waals surface area (Å²) in [6, 6.07) is 5.28. The van der Waals surface area contributed by atoms with Crippen molar-refractivity contribution in [2.24, 2.45) is 0 Å². The lowest BCUT2D eigenvalue weighted by atomic mass is 10.0. The fourth-order valence-corrected chi connectivity index (χ4v) is 2.78. The average Bonchev–Trinajstić information content (AvgIpc) is 2.39. The Kier molecular flexibility index (Phi) is 4.98. The molecule has 1 heterocycles. The van der Waals surface area contributed by atoms with E-state index in [0.29, 0.717) is 12.2 Å². The molecule has 0 bridgehead atoms. The molecule has 1 fully saturated rings. The van der Waals surface area contributed by atoms with E-state index in [2.05, 4.69) is 4.90 Å². The highest BCUT2D eigenvalue weighted by molar-refractivity contribution is 5.95. The zero-order chi connectivity index (χ0) is 14.5. The van der Waals surface area contributed by atoms with Gasteiger partial charge in [0.05, 0.1) is 11.7 Å². The van der Waals surface area contributed by atoms with Crippen LogP contribution in [0.25, 0.3) is 0 Å². The number of aromatic carboxylic acids is 1. The predicted molar refractivity (Wildman–Crippen MR) is 77.7 cm³/mol. The van der Waals surface area contributed by atoms with Crippen LogP contribution in [0.5, 0.6) is 0 Å². The third-order valence-electron chi connectivity index (χ3n) is 3.66. The molecule has 1 unspecified atom stereocenters. The lowest BCUT2D eigenvalue weighted by Gasteiger charge is -2.32. The maximum absolute atomic E-state index is 11.3. The molecule has 0 amide bonds. The standard InChI is InChI=1S/C15H22N2O3/c1-2-20-12-6-4-8-17(10-12)9-11-5-3-7-13(16)14(11)15(18)19/h3,5,7,12H,2,4,6,8-10,16H2,1H3,(H,18,19). The van der Waals surface area contributed by atoms with E-state index < -0.39 is 5.97 Å². The molecule has 1 atom stereocenters. The zero-order valence-electron chi connectivity index (χ0n) is 11.8. The molecule has 1 aromatic carbocycles. The molecule has 2 rings (SSSR count). The molecular formula is C15H22N2O3. The highest BCUT2D eigenvalue weighted by Crippen LogP contribution is 2.21. The molecule has 1 saturated heterocycles. The van der Waals surface area contributed by atoms with Gasteiger partial charge in [0, 0.05) is 25.4 Å². The number of carboxylic acid groups (broad SMARTS) is 1. The van der Waals surface area contributed by atoms with Crippen molar-refractivity contribution >= 4 is 11.7 Å². The number of piperidine rings is 1. The Morgan fingerprint density at radius 1 is 1.55 bits per heavy atom. The fourth-order valence-electron chi connectivity index (χ4n) is 2.78. The number of nitrogens with zero attached hydrogens (tertiary/aromatic N) is 1. The van der Waals surface area contributed by atoms with Crippen molar-refractivity contribution in [1.82, 2.24) is 4.90 Å². The summed E-state index contributed by atoms with van der Waals surface area (Å²) in [6.45, 7) is 5.14. The van der Waals surface area contributed by atoms with Crippen molar-refractivity contribution in [1.29, 1.82) is 0 Å². The Balaban J connectivity index is 2.10. The molecule has 0 saturated carbocycles. The van der Waals surface area contributed by atoms with Crippen LogP contribution in [-0.2, 0) is 11.3 Å². The summed E-state index contributed by atoms with van der Waals surface area (Å²) in [5.41, 5.74) is 7.11. The molecule has 20 heavy (non-hydrogen) atoms. The smallest absolute Gasteiger partial charge is 0.338 e. The Morgan fingerprint density at radius 2 is 2.35 bits per heavy atom. The zero-order valence-corrected chi connectivity index (χ0v) is 11.8. The molecule has 5 nitrogen and oxygen atoms in total. The van der Waals surface area contributed by atoms with Crippen LogP contribution in [0.2, 0.25) is 0 Å². The maximum atomic E-state index is 11.3. The number of benzene rings is 1. The van der Waals surface area contributed by atoms with Crippen molar-refractivity contribution in [3.63, 3.8) is 0 Å². The third kappa shape index (κ3) is 3.49. The van der Waals surface area contributed by atoms with Crippen LogP contribution >= 0.6 is 0 Å². The van der Waals surface area contributed by atoms with E-state index in [0.717, 1.165) is 38.1 Å². The SMILES string of the molecule is CCOC1CCCN(Cc2cccc(N)c2C(=O)O)C1. The van der Waals surface area contributed by atoms with E-state index in [1.807, 2.05) is 13.0 Å². The van der Waals surface area contributed by atoms with Crippen LogP contribution < -0.4 is 5.73 Å². The Labute approximate surface area is 119 Å². The minimum Gasteiger partial charge on any atom is -0.478 e. The second-order valence-corrected chi connectivity index (χ2v) is 5.14. The summed E-state index contributed by atoms with van der Waals surface area (Å²) < 4.78 is 5.67. The van der Waals surface area contributed by atoms with E-state index in [-0.39, 0.29) is 11.7 Å². The molecule has 1 aliphatic heterocycles. The first-order valence-corrected chi connectivity index (χ1v) is 7.06. The van der Waals surface area contributed by atoms with Crippen LogP contribution in [0.3, 0.4) is 0 Å². The Hall–Kier alpha value is -1.59. The fraction of sp³-hybridized carbons (Fsp3) is 0.533. The van der Waals surface area contributed by atoms with Crippen LogP contribution in [0.15, 0.2) is 18.2 Å². The highest BCUT2D eigenvalue weighted by atomic mass is 16.5. The van der Waals surface area contributed by atoms with Crippen LogP contribution in [0.1, 0.15) is 35.7 Å². The molecule has 1 aliphatic rings. The second kappa shape index (κ2) is 6.72. The molecule has 0 radical (unpaired) electrons. The third-order valence-corrected chi connectivity index (χ3v) is 3.66. The molecular weight excluding hydrogens is 256 g/mol. The minimum absolute atomic E-state index is 0.228. The first-order chi connectivity index (χ1) is 9.61. The largest absolute Gasteiger partial charge is 0.478 e. The van der Waals surface area contributed by atoms with Gasteiger partial charge in [0.15, 0.2) is 0 Å². The number of hydrogen-bond donors (Lipinski definition) is 2. The van der Waals surface area contributed by atoms with E-state index >= 15 is 0 Å². The first-order valence-electron chi connectivity index (χ1n) is 7.06. The van der Waals surface area contributed by atoms with Crippen LogP contribution in [0, 0.1) is 0 Å². The number of likely N-dealkylation sites (tertiary alicyclic amines) is 1. The minimum atomic E-state index is -0.962. The van der Waals surface area contributed by atoms with Crippen LogP contribution in [-0.4, -0.2) is 41.8 Å². The normalized spacial score (nSPS) is 19.9. The van der Waals surface area contributed by atoms with E-state index in [1.165, 1.54) is 0 Å².